The van der Waals surface area contributed by atoms with Gasteiger partial charge in [0.05, 0.1) is 12.2 Å². The number of piperazine rings is 1. The summed E-state index contributed by atoms with van der Waals surface area (Å²) in [5.41, 5.74) is 9.98. The van der Waals surface area contributed by atoms with Crippen molar-refractivity contribution in [2.75, 3.05) is 22.9 Å². The molecule has 0 saturated carbocycles. The Morgan fingerprint density at radius 2 is 1.74 bits per heavy atom. The zero-order valence-electron chi connectivity index (χ0n) is 17.8. The van der Waals surface area contributed by atoms with Gasteiger partial charge in [0, 0.05) is 43.8 Å². The van der Waals surface area contributed by atoms with E-state index in [4.69, 9.17) is 10.7 Å². The smallest absolute Gasteiger partial charge is 0.153 e. The van der Waals surface area contributed by atoms with Crippen LogP contribution in [0, 0.1) is 0 Å². The van der Waals surface area contributed by atoms with Crippen molar-refractivity contribution in [3.63, 3.8) is 0 Å². The van der Waals surface area contributed by atoms with Crippen LogP contribution in [0.25, 0.3) is 6.08 Å². The molecule has 0 spiro atoms. The third-order valence-corrected chi connectivity index (χ3v) is 5.89. The Kier molecular flexibility index (Phi) is 5.03. The van der Waals surface area contributed by atoms with E-state index in [0.29, 0.717) is 17.9 Å². The Morgan fingerprint density at radius 1 is 0.968 bits per heavy atom. The number of nitrogens with one attached hydrogen (secondary N) is 1. The van der Waals surface area contributed by atoms with Crippen LogP contribution >= 0.6 is 0 Å². The molecule has 5 rings (SSSR count). The fourth-order valence-corrected chi connectivity index (χ4v) is 4.71. The first kappa shape index (κ1) is 19.5. The van der Waals surface area contributed by atoms with E-state index in [1.165, 1.54) is 5.56 Å². The van der Waals surface area contributed by atoms with Crippen LogP contribution in [0.5, 0.6) is 0 Å². The summed E-state index contributed by atoms with van der Waals surface area (Å²) in [6.45, 7) is 6.28. The number of aromatic nitrogens is 3. The van der Waals surface area contributed by atoms with Crippen LogP contribution in [0.4, 0.5) is 11.6 Å². The summed E-state index contributed by atoms with van der Waals surface area (Å²) in [7, 11) is 0. The maximum Gasteiger partial charge on any atom is 0.153 e. The van der Waals surface area contributed by atoms with Gasteiger partial charge in [-0.15, -0.1) is 0 Å². The normalized spacial score (nSPS) is 23.3. The quantitative estimate of drug-likeness (QED) is 0.683. The van der Waals surface area contributed by atoms with Gasteiger partial charge in [0.25, 0.3) is 0 Å². The summed E-state index contributed by atoms with van der Waals surface area (Å²) in [5.74, 6) is 2.35. The van der Waals surface area contributed by atoms with E-state index in [9.17, 15) is 0 Å². The van der Waals surface area contributed by atoms with E-state index >= 15 is 0 Å². The summed E-state index contributed by atoms with van der Waals surface area (Å²) in [6.07, 6.45) is 9.02. The first-order valence-electron chi connectivity index (χ1n) is 10.7. The van der Waals surface area contributed by atoms with E-state index < -0.39 is 0 Å². The highest BCUT2D eigenvalue weighted by Gasteiger charge is 2.32. The number of nitrogens with zero attached hydrogens (tertiary/aromatic N) is 5. The molecule has 1 unspecified atom stereocenters. The van der Waals surface area contributed by atoms with Crippen LogP contribution in [0.2, 0.25) is 0 Å². The van der Waals surface area contributed by atoms with Crippen molar-refractivity contribution < 1.29 is 0 Å². The molecule has 0 radical (unpaired) electrons. The SMILES string of the molecule is C[C@@H]1CN(c2cc(C3c4ccccc4C=C(N)N3c3cnccn3)ccn2)C[C@H](C)N1. The zero-order chi connectivity index (χ0) is 21.4. The molecular formula is C24H27N7. The van der Waals surface area contributed by atoms with E-state index in [1.807, 2.05) is 18.3 Å². The van der Waals surface area contributed by atoms with E-state index in [2.05, 4.69) is 69.3 Å². The average molecular weight is 414 g/mol. The summed E-state index contributed by atoms with van der Waals surface area (Å²) in [6, 6.07) is 13.3. The van der Waals surface area contributed by atoms with Gasteiger partial charge in [0.15, 0.2) is 5.82 Å². The molecule has 0 amide bonds. The fourth-order valence-electron chi connectivity index (χ4n) is 4.71. The fraction of sp³-hybridized carbons (Fsp3) is 0.292. The molecule has 1 fully saturated rings. The Morgan fingerprint density at radius 3 is 2.52 bits per heavy atom. The van der Waals surface area contributed by atoms with Gasteiger partial charge in [-0.3, -0.25) is 9.88 Å². The molecule has 7 nitrogen and oxygen atoms in total. The second-order valence-electron chi connectivity index (χ2n) is 8.36. The Hall–Kier alpha value is -3.45. The third kappa shape index (κ3) is 3.72. The molecule has 1 aromatic carbocycles. The predicted octanol–water partition coefficient (Wildman–Crippen LogP) is 2.92. The summed E-state index contributed by atoms with van der Waals surface area (Å²) < 4.78 is 0. The molecule has 2 aromatic heterocycles. The second kappa shape index (κ2) is 8.00. The Balaban J connectivity index is 1.60. The van der Waals surface area contributed by atoms with Crippen LogP contribution in [-0.2, 0) is 0 Å². The minimum absolute atomic E-state index is 0.114. The van der Waals surface area contributed by atoms with Crippen LogP contribution < -0.4 is 20.9 Å². The molecule has 2 aliphatic rings. The van der Waals surface area contributed by atoms with Crippen LogP contribution in [0.3, 0.4) is 0 Å². The lowest BCUT2D eigenvalue weighted by Gasteiger charge is -2.39. The second-order valence-corrected chi connectivity index (χ2v) is 8.36. The van der Waals surface area contributed by atoms with Gasteiger partial charge in [-0.25, -0.2) is 9.97 Å². The lowest BCUT2D eigenvalue weighted by Crippen LogP contribution is -2.54. The van der Waals surface area contributed by atoms with Crippen molar-refractivity contribution in [3.05, 3.63) is 83.7 Å². The Bertz CT molecular complexity index is 1090. The van der Waals surface area contributed by atoms with E-state index in [-0.39, 0.29) is 6.04 Å². The van der Waals surface area contributed by atoms with Gasteiger partial charge in [-0.05, 0) is 48.7 Å². The molecule has 31 heavy (non-hydrogen) atoms. The third-order valence-electron chi connectivity index (χ3n) is 5.89. The van der Waals surface area contributed by atoms with Gasteiger partial charge in [0.2, 0.25) is 0 Å². The maximum absolute atomic E-state index is 6.56. The predicted molar refractivity (Wildman–Crippen MR) is 123 cm³/mol. The number of rotatable bonds is 3. The minimum Gasteiger partial charge on any atom is -0.385 e. The van der Waals surface area contributed by atoms with Crippen LogP contribution in [-0.4, -0.2) is 40.1 Å². The first-order valence-corrected chi connectivity index (χ1v) is 10.7. The molecule has 4 heterocycles. The molecule has 0 bridgehead atoms. The standard InChI is InChI=1S/C24H27N7/c1-16-14-30(15-17(2)29-16)22-12-19(7-8-27-22)24-20-6-4-3-5-18(20)11-21(25)31(24)23-13-26-9-10-28-23/h3-13,16-17,24,29H,14-15,25H2,1-2H3/t16-,17+,24?. The van der Waals surface area contributed by atoms with Crippen molar-refractivity contribution in [1.82, 2.24) is 20.3 Å². The molecule has 3 atom stereocenters. The number of anilines is 2. The van der Waals surface area contributed by atoms with Crippen molar-refractivity contribution in [3.8, 4) is 0 Å². The highest BCUT2D eigenvalue weighted by molar-refractivity contribution is 5.70. The monoisotopic (exact) mass is 413 g/mol. The minimum atomic E-state index is -0.114. The largest absolute Gasteiger partial charge is 0.385 e. The molecule has 0 aliphatic carbocycles. The van der Waals surface area contributed by atoms with Crippen molar-refractivity contribution >= 4 is 17.7 Å². The number of nitrogens with two attached hydrogens (primary N) is 1. The van der Waals surface area contributed by atoms with Gasteiger partial charge in [-0.1, -0.05) is 24.3 Å². The van der Waals surface area contributed by atoms with Gasteiger partial charge in [-0.2, -0.15) is 0 Å². The molecule has 2 aliphatic heterocycles. The van der Waals surface area contributed by atoms with Crippen LogP contribution in [0.15, 0.2) is 67.0 Å². The molecule has 1 saturated heterocycles. The van der Waals surface area contributed by atoms with Crippen molar-refractivity contribution in [1.29, 1.82) is 0 Å². The highest BCUT2D eigenvalue weighted by atomic mass is 15.3. The number of hydrogen-bond acceptors (Lipinski definition) is 7. The van der Waals surface area contributed by atoms with Crippen molar-refractivity contribution in [2.24, 2.45) is 5.73 Å². The van der Waals surface area contributed by atoms with Gasteiger partial charge >= 0.3 is 0 Å². The lowest BCUT2D eigenvalue weighted by atomic mass is 9.90. The Labute approximate surface area is 182 Å². The highest BCUT2D eigenvalue weighted by Crippen LogP contribution is 2.40. The maximum atomic E-state index is 6.56. The lowest BCUT2D eigenvalue weighted by molar-refractivity contribution is 0.405. The summed E-state index contributed by atoms with van der Waals surface area (Å²) in [5, 5.41) is 3.59. The van der Waals surface area contributed by atoms with Crippen molar-refractivity contribution in [2.45, 2.75) is 32.0 Å². The number of hydrogen-bond donors (Lipinski definition) is 2. The number of pyridine rings is 1. The van der Waals surface area contributed by atoms with Gasteiger partial charge in [0.1, 0.15) is 11.6 Å². The zero-order valence-corrected chi connectivity index (χ0v) is 17.8. The molecule has 158 valence electrons. The first-order chi connectivity index (χ1) is 15.1. The molecule has 3 aromatic rings. The summed E-state index contributed by atoms with van der Waals surface area (Å²) in [4.78, 5) is 17.9. The number of fused-ring (bicyclic) bond motifs is 1. The molecular weight excluding hydrogens is 386 g/mol. The number of benzene rings is 1. The van der Waals surface area contributed by atoms with Crippen LogP contribution in [0.1, 0.15) is 36.6 Å². The average Bonchev–Trinajstić information content (AvgIpc) is 2.78. The van der Waals surface area contributed by atoms with Gasteiger partial charge < -0.3 is 16.0 Å². The van der Waals surface area contributed by atoms with E-state index in [0.717, 1.165) is 35.9 Å². The van der Waals surface area contributed by atoms with E-state index in [1.54, 1.807) is 18.6 Å². The molecule has 3 N–H and O–H groups in total. The summed E-state index contributed by atoms with van der Waals surface area (Å²) >= 11 is 0. The topological polar surface area (TPSA) is 83.2 Å². The molecule has 7 heteroatoms.